The minimum Gasteiger partial charge on any atom is -0.383 e. The Morgan fingerprint density at radius 1 is 1.43 bits per heavy atom. The van der Waals surface area contributed by atoms with Crippen molar-refractivity contribution in [2.24, 2.45) is 0 Å². The summed E-state index contributed by atoms with van der Waals surface area (Å²) in [6.07, 6.45) is 0.732. The fourth-order valence-electron chi connectivity index (χ4n) is 1.65. The molecule has 21 heavy (non-hydrogen) atoms. The maximum atomic E-state index is 12.1. The summed E-state index contributed by atoms with van der Waals surface area (Å²) in [6.45, 7) is 1.94. The van der Waals surface area contributed by atoms with Crippen LogP contribution in [0, 0.1) is 10.1 Å². The van der Waals surface area contributed by atoms with Gasteiger partial charge >= 0.3 is 0 Å². The second-order valence-electron chi connectivity index (χ2n) is 4.05. The van der Waals surface area contributed by atoms with Gasteiger partial charge in [-0.2, -0.15) is 0 Å². The highest BCUT2D eigenvalue weighted by Gasteiger charge is 2.17. The smallest absolute Gasteiger partial charge is 0.293 e. The fraction of sp³-hybridized carbons (Fsp3) is 0.250. The van der Waals surface area contributed by atoms with E-state index in [1.54, 1.807) is 7.05 Å². The highest BCUT2D eigenvalue weighted by molar-refractivity contribution is 7.15. The quantitative estimate of drug-likeness (QED) is 0.648. The van der Waals surface area contributed by atoms with Crippen LogP contribution >= 0.6 is 11.3 Å². The minimum atomic E-state index is -0.539. The Bertz CT molecular complexity index is 685. The van der Waals surface area contributed by atoms with E-state index >= 15 is 0 Å². The van der Waals surface area contributed by atoms with E-state index in [4.69, 9.17) is 0 Å². The zero-order chi connectivity index (χ0) is 15.4. The molecular formula is C12H13N5O3S. The molecule has 0 aliphatic rings. The molecule has 0 saturated heterocycles. The monoisotopic (exact) mass is 307 g/mol. The Balaban J connectivity index is 2.22. The van der Waals surface area contributed by atoms with Crippen LogP contribution in [0.1, 0.15) is 22.3 Å². The first-order valence-electron chi connectivity index (χ1n) is 6.15. The van der Waals surface area contributed by atoms with Crippen LogP contribution in [-0.4, -0.2) is 28.1 Å². The number of rotatable bonds is 5. The van der Waals surface area contributed by atoms with Crippen molar-refractivity contribution in [1.82, 2.24) is 10.2 Å². The molecule has 0 spiro atoms. The minimum absolute atomic E-state index is 0.156. The first-order valence-corrected chi connectivity index (χ1v) is 6.96. The third kappa shape index (κ3) is 3.31. The standard InChI is InChI=1S/C12H13N5O3S/c1-3-10-15-16-12(21-10)14-11(18)7-4-5-8(13-2)9(6-7)17(19)20/h4-6,13H,3H2,1-2H3,(H,14,16,18). The third-order valence-electron chi connectivity index (χ3n) is 2.72. The van der Waals surface area contributed by atoms with Crippen LogP contribution < -0.4 is 10.6 Å². The highest BCUT2D eigenvalue weighted by atomic mass is 32.1. The molecule has 9 heteroatoms. The summed E-state index contributed by atoms with van der Waals surface area (Å²) < 4.78 is 0. The Hall–Kier alpha value is -2.55. The number of aryl methyl sites for hydroxylation is 1. The lowest BCUT2D eigenvalue weighted by Crippen LogP contribution is -2.12. The van der Waals surface area contributed by atoms with E-state index in [-0.39, 0.29) is 11.3 Å². The molecule has 1 aromatic carbocycles. The summed E-state index contributed by atoms with van der Waals surface area (Å²) >= 11 is 1.27. The molecular weight excluding hydrogens is 294 g/mol. The van der Waals surface area contributed by atoms with Gasteiger partial charge in [0, 0.05) is 18.7 Å². The van der Waals surface area contributed by atoms with Crippen molar-refractivity contribution < 1.29 is 9.72 Å². The fourth-order valence-corrected chi connectivity index (χ4v) is 2.33. The Labute approximate surface area is 124 Å². The third-order valence-corrected chi connectivity index (χ3v) is 3.70. The molecule has 0 fully saturated rings. The van der Waals surface area contributed by atoms with Crippen LogP contribution in [0.15, 0.2) is 18.2 Å². The van der Waals surface area contributed by atoms with Crippen molar-refractivity contribution in [2.45, 2.75) is 13.3 Å². The summed E-state index contributed by atoms with van der Waals surface area (Å²) in [6, 6.07) is 4.23. The van der Waals surface area contributed by atoms with Gasteiger partial charge in [0.05, 0.1) is 4.92 Å². The first kappa shape index (κ1) is 14.9. The molecule has 1 heterocycles. The molecule has 0 radical (unpaired) electrons. The molecule has 0 saturated carbocycles. The number of nitrogens with one attached hydrogen (secondary N) is 2. The van der Waals surface area contributed by atoms with Crippen LogP contribution in [0.2, 0.25) is 0 Å². The summed E-state index contributed by atoms with van der Waals surface area (Å²) in [5.41, 5.74) is 0.381. The van der Waals surface area contributed by atoms with Crippen LogP contribution in [0.3, 0.4) is 0 Å². The van der Waals surface area contributed by atoms with Crippen molar-refractivity contribution in [2.75, 3.05) is 17.7 Å². The SMILES string of the molecule is CCc1nnc(NC(=O)c2ccc(NC)c([N+](=O)[O-])c2)s1. The van der Waals surface area contributed by atoms with Crippen molar-refractivity contribution in [1.29, 1.82) is 0 Å². The van der Waals surface area contributed by atoms with Gasteiger partial charge in [-0.15, -0.1) is 10.2 Å². The number of nitrogens with zero attached hydrogens (tertiary/aromatic N) is 3. The average molecular weight is 307 g/mol. The van der Waals surface area contributed by atoms with Crippen molar-refractivity contribution >= 4 is 33.8 Å². The topological polar surface area (TPSA) is 110 Å². The van der Waals surface area contributed by atoms with Gasteiger partial charge in [0.1, 0.15) is 10.7 Å². The largest absolute Gasteiger partial charge is 0.383 e. The van der Waals surface area contributed by atoms with Crippen LogP contribution in [0.25, 0.3) is 0 Å². The molecule has 110 valence electrons. The van der Waals surface area contributed by atoms with E-state index in [9.17, 15) is 14.9 Å². The number of amides is 1. The number of carbonyl (C=O) groups excluding carboxylic acids is 1. The molecule has 1 amide bonds. The molecule has 0 unspecified atom stereocenters. The predicted octanol–water partition coefficient (Wildman–Crippen LogP) is 2.30. The molecule has 2 rings (SSSR count). The lowest BCUT2D eigenvalue weighted by atomic mass is 10.1. The maximum absolute atomic E-state index is 12.1. The number of nitro groups is 1. The normalized spacial score (nSPS) is 10.2. The second-order valence-corrected chi connectivity index (χ2v) is 5.11. The first-order chi connectivity index (χ1) is 10.0. The Kier molecular flexibility index (Phi) is 4.43. The van der Waals surface area contributed by atoms with E-state index in [1.807, 2.05) is 6.92 Å². The van der Waals surface area contributed by atoms with Gasteiger partial charge < -0.3 is 5.32 Å². The van der Waals surface area contributed by atoms with E-state index < -0.39 is 10.8 Å². The maximum Gasteiger partial charge on any atom is 0.293 e. The molecule has 2 N–H and O–H groups in total. The van der Waals surface area contributed by atoms with Crippen molar-refractivity contribution in [3.8, 4) is 0 Å². The molecule has 0 aliphatic heterocycles. The number of nitro benzene ring substituents is 1. The lowest BCUT2D eigenvalue weighted by molar-refractivity contribution is -0.384. The summed E-state index contributed by atoms with van der Waals surface area (Å²) in [5, 5.41) is 25.2. The van der Waals surface area contributed by atoms with Gasteiger partial charge in [0.15, 0.2) is 0 Å². The molecule has 1 aromatic heterocycles. The van der Waals surface area contributed by atoms with Crippen molar-refractivity contribution in [3.63, 3.8) is 0 Å². The average Bonchev–Trinajstić information content (AvgIpc) is 2.94. The number of hydrogen-bond donors (Lipinski definition) is 2. The lowest BCUT2D eigenvalue weighted by Gasteiger charge is -2.05. The van der Waals surface area contributed by atoms with Crippen LogP contribution in [-0.2, 0) is 6.42 Å². The second kappa shape index (κ2) is 6.27. The summed E-state index contributed by atoms with van der Waals surface area (Å²) in [5.74, 6) is -0.459. The van der Waals surface area contributed by atoms with Crippen LogP contribution in [0.5, 0.6) is 0 Å². The van der Waals surface area contributed by atoms with Gasteiger partial charge in [-0.25, -0.2) is 0 Å². The van der Waals surface area contributed by atoms with Gasteiger partial charge in [0.2, 0.25) is 5.13 Å². The van der Waals surface area contributed by atoms with Crippen molar-refractivity contribution in [3.05, 3.63) is 38.9 Å². The number of benzene rings is 1. The zero-order valence-corrected chi connectivity index (χ0v) is 12.2. The Morgan fingerprint density at radius 3 is 2.76 bits per heavy atom. The molecule has 0 bridgehead atoms. The number of aromatic nitrogens is 2. The van der Waals surface area contributed by atoms with E-state index in [0.29, 0.717) is 10.8 Å². The van der Waals surface area contributed by atoms with Gasteiger partial charge in [-0.3, -0.25) is 20.2 Å². The van der Waals surface area contributed by atoms with Gasteiger partial charge in [-0.1, -0.05) is 18.3 Å². The predicted molar refractivity (Wildman–Crippen MR) is 79.9 cm³/mol. The van der Waals surface area contributed by atoms with Gasteiger partial charge in [-0.05, 0) is 18.6 Å². The number of carbonyl (C=O) groups is 1. The molecule has 0 aliphatic carbocycles. The zero-order valence-electron chi connectivity index (χ0n) is 11.4. The summed E-state index contributed by atoms with van der Waals surface area (Å²) in [4.78, 5) is 22.5. The van der Waals surface area contributed by atoms with E-state index in [2.05, 4.69) is 20.8 Å². The summed E-state index contributed by atoms with van der Waals surface area (Å²) in [7, 11) is 1.58. The van der Waals surface area contributed by atoms with E-state index in [0.717, 1.165) is 11.4 Å². The molecule has 2 aromatic rings. The van der Waals surface area contributed by atoms with Gasteiger partial charge in [0.25, 0.3) is 11.6 Å². The molecule has 8 nitrogen and oxygen atoms in total. The molecule has 0 atom stereocenters. The Morgan fingerprint density at radius 2 is 2.19 bits per heavy atom. The van der Waals surface area contributed by atoms with Crippen LogP contribution in [0.4, 0.5) is 16.5 Å². The van der Waals surface area contributed by atoms with E-state index in [1.165, 1.54) is 29.5 Å². The number of hydrogen-bond acceptors (Lipinski definition) is 7. The highest BCUT2D eigenvalue weighted by Crippen LogP contribution is 2.25. The number of anilines is 2.